The topological polar surface area (TPSA) is 34.5 Å². The summed E-state index contributed by atoms with van der Waals surface area (Å²) in [5.41, 5.74) is 2.61. The first-order chi connectivity index (χ1) is 12.1. The minimum Gasteiger partial charge on any atom is -0.497 e. The first-order valence-corrected chi connectivity index (χ1v) is 8.28. The minimum absolute atomic E-state index is 0.00163. The van der Waals surface area contributed by atoms with Gasteiger partial charge in [0.25, 0.3) is 5.91 Å². The zero-order valence-corrected chi connectivity index (χ0v) is 14.2. The molecular formula is C20H19FN2O2. The van der Waals surface area contributed by atoms with E-state index in [0.717, 1.165) is 28.6 Å². The molecule has 1 amide bonds. The van der Waals surface area contributed by atoms with Gasteiger partial charge in [0.1, 0.15) is 17.3 Å². The number of aryl methyl sites for hydroxylation is 1. The number of hydrogen-bond acceptors (Lipinski definition) is 2. The van der Waals surface area contributed by atoms with E-state index < -0.39 is 0 Å². The molecule has 0 saturated carbocycles. The fourth-order valence-corrected chi connectivity index (χ4v) is 3.47. The van der Waals surface area contributed by atoms with Crippen LogP contribution in [0.4, 0.5) is 4.39 Å². The van der Waals surface area contributed by atoms with E-state index in [1.807, 2.05) is 40.8 Å². The molecule has 2 aromatic carbocycles. The monoisotopic (exact) mass is 338 g/mol. The molecule has 0 radical (unpaired) electrons. The number of fused-ring (bicyclic) bond motifs is 1. The summed E-state index contributed by atoms with van der Waals surface area (Å²) in [6, 6.07) is 14.1. The van der Waals surface area contributed by atoms with Crippen molar-refractivity contribution in [3.05, 3.63) is 65.6 Å². The molecule has 0 spiro atoms. The molecule has 1 atom stereocenters. The third-order valence-corrected chi connectivity index (χ3v) is 5.00. The van der Waals surface area contributed by atoms with Crippen molar-refractivity contribution < 1.29 is 13.9 Å². The molecule has 1 saturated heterocycles. The Hall–Kier alpha value is -2.82. The van der Waals surface area contributed by atoms with Crippen LogP contribution in [0.15, 0.2) is 48.5 Å². The molecule has 5 heteroatoms. The summed E-state index contributed by atoms with van der Waals surface area (Å²) >= 11 is 0. The Morgan fingerprint density at radius 1 is 1.16 bits per heavy atom. The highest BCUT2D eigenvalue weighted by atomic mass is 19.1. The fraction of sp³-hybridized carbons (Fsp3) is 0.250. The maximum absolute atomic E-state index is 13.1. The Bertz CT molecular complexity index is 946. The van der Waals surface area contributed by atoms with Crippen LogP contribution in [0.3, 0.4) is 0 Å². The molecule has 1 aromatic heterocycles. The number of likely N-dealkylation sites (tertiary alicyclic amines) is 1. The van der Waals surface area contributed by atoms with Gasteiger partial charge in [0.05, 0.1) is 13.2 Å². The lowest BCUT2D eigenvalue weighted by Crippen LogP contribution is -2.45. The van der Waals surface area contributed by atoms with Gasteiger partial charge in [0, 0.05) is 24.5 Å². The van der Waals surface area contributed by atoms with Crippen LogP contribution in [0.25, 0.3) is 10.9 Å². The molecular weight excluding hydrogens is 319 g/mol. The summed E-state index contributed by atoms with van der Waals surface area (Å²) in [5, 5.41) is 0.976. The molecule has 128 valence electrons. The van der Waals surface area contributed by atoms with Crippen LogP contribution in [-0.4, -0.2) is 29.0 Å². The number of ether oxygens (including phenoxy) is 1. The van der Waals surface area contributed by atoms with Crippen molar-refractivity contribution in [1.82, 2.24) is 9.47 Å². The van der Waals surface area contributed by atoms with Crippen LogP contribution in [0.2, 0.25) is 0 Å². The Kier molecular flexibility index (Phi) is 3.71. The SMILES string of the molecule is COc1ccc2c(c1)cc(C(=O)N1CC[C@@H]1c1ccc(F)cc1)n2C. The molecule has 0 unspecified atom stereocenters. The van der Waals surface area contributed by atoms with Gasteiger partial charge in [0.2, 0.25) is 0 Å². The molecule has 3 aromatic rings. The summed E-state index contributed by atoms with van der Waals surface area (Å²) in [5.74, 6) is 0.507. The maximum Gasteiger partial charge on any atom is 0.271 e. The molecule has 4 nitrogen and oxygen atoms in total. The van der Waals surface area contributed by atoms with Crippen LogP contribution >= 0.6 is 0 Å². The molecule has 2 heterocycles. The summed E-state index contributed by atoms with van der Waals surface area (Å²) in [6.07, 6.45) is 0.898. The number of nitrogens with zero attached hydrogens (tertiary/aromatic N) is 2. The van der Waals surface area contributed by atoms with Crippen LogP contribution < -0.4 is 4.74 Å². The number of halogens is 1. The lowest BCUT2D eigenvalue weighted by Gasteiger charge is -2.41. The Morgan fingerprint density at radius 3 is 2.56 bits per heavy atom. The highest BCUT2D eigenvalue weighted by Gasteiger charge is 2.35. The van der Waals surface area contributed by atoms with E-state index in [0.29, 0.717) is 12.2 Å². The van der Waals surface area contributed by atoms with Crippen LogP contribution in [0.5, 0.6) is 5.75 Å². The third-order valence-electron chi connectivity index (χ3n) is 5.00. The van der Waals surface area contributed by atoms with Gasteiger partial charge in [-0.1, -0.05) is 12.1 Å². The van der Waals surface area contributed by atoms with Crippen molar-refractivity contribution in [3.8, 4) is 5.75 Å². The average Bonchev–Trinajstić information content (AvgIpc) is 2.92. The van der Waals surface area contributed by atoms with Crippen LogP contribution in [0, 0.1) is 5.82 Å². The van der Waals surface area contributed by atoms with E-state index in [9.17, 15) is 9.18 Å². The average molecular weight is 338 g/mol. The van der Waals surface area contributed by atoms with Crippen molar-refractivity contribution in [2.24, 2.45) is 7.05 Å². The number of hydrogen-bond donors (Lipinski definition) is 0. The van der Waals surface area contributed by atoms with Gasteiger partial charge < -0.3 is 14.2 Å². The van der Waals surface area contributed by atoms with Gasteiger partial charge in [-0.05, 0) is 48.4 Å². The second-order valence-corrected chi connectivity index (χ2v) is 6.37. The quantitative estimate of drug-likeness (QED) is 0.725. The van der Waals surface area contributed by atoms with E-state index in [1.165, 1.54) is 12.1 Å². The Labute approximate surface area is 145 Å². The van der Waals surface area contributed by atoms with Gasteiger partial charge in [-0.2, -0.15) is 0 Å². The second kappa shape index (κ2) is 5.92. The predicted octanol–water partition coefficient (Wildman–Crippen LogP) is 3.91. The zero-order valence-electron chi connectivity index (χ0n) is 14.2. The van der Waals surface area contributed by atoms with Crippen molar-refractivity contribution in [1.29, 1.82) is 0 Å². The highest BCUT2D eigenvalue weighted by Crippen LogP contribution is 2.35. The van der Waals surface area contributed by atoms with Gasteiger partial charge in [-0.25, -0.2) is 4.39 Å². The van der Waals surface area contributed by atoms with E-state index in [1.54, 1.807) is 19.2 Å². The molecule has 1 aliphatic rings. The van der Waals surface area contributed by atoms with Crippen molar-refractivity contribution in [2.75, 3.05) is 13.7 Å². The van der Waals surface area contributed by atoms with Crippen molar-refractivity contribution in [3.63, 3.8) is 0 Å². The van der Waals surface area contributed by atoms with E-state index in [2.05, 4.69) is 0 Å². The van der Waals surface area contributed by atoms with Gasteiger partial charge >= 0.3 is 0 Å². The number of carbonyl (C=O) groups is 1. The lowest BCUT2D eigenvalue weighted by atomic mass is 9.94. The number of aromatic nitrogens is 1. The standard InChI is InChI=1S/C20H19FN2O2/c1-22-17-8-7-16(25-2)11-14(17)12-19(22)20(24)23-10-9-18(23)13-3-5-15(21)6-4-13/h3-8,11-12,18H,9-10H2,1-2H3/t18-/m1/s1. The van der Waals surface area contributed by atoms with Gasteiger partial charge in [-0.3, -0.25) is 4.79 Å². The highest BCUT2D eigenvalue weighted by molar-refractivity contribution is 5.99. The zero-order chi connectivity index (χ0) is 17.6. The van der Waals surface area contributed by atoms with E-state index in [-0.39, 0.29) is 17.8 Å². The summed E-state index contributed by atoms with van der Waals surface area (Å²) in [7, 11) is 3.53. The van der Waals surface area contributed by atoms with Gasteiger partial charge in [-0.15, -0.1) is 0 Å². The number of carbonyl (C=O) groups excluding carboxylic acids is 1. The minimum atomic E-state index is -0.261. The third kappa shape index (κ3) is 2.56. The first-order valence-electron chi connectivity index (χ1n) is 8.28. The number of amides is 1. The molecule has 1 aliphatic heterocycles. The lowest BCUT2D eigenvalue weighted by molar-refractivity contribution is 0.0451. The molecule has 0 aliphatic carbocycles. The predicted molar refractivity (Wildman–Crippen MR) is 94.3 cm³/mol. The maximum atomic E-state index is 13.1. The molecule has 4 rings (SSSR count). The summed E-state index contributed by atoms with van der Waals surface area (Å²) < 4.78 is 20.3. The number of methoxy groups -OCH3 is 1. The Balaban J connectivity index is 1.65. The van der Waals surface area contributed by atoms with Gasteiger partial charge in [0.15, 0.2) is 0 Å². The van der Waals surface area contributed by atoms with Crippen LogP contribution in [0.1, 0.15) is 28.5 Å². The molecule has 25 heavy (non-hydrogen) atoms. The number of benzene rings is 2. The number of rotatable bonds is 3. The van der Waals surface area contributed by atoms with Crippen molar-refractivity contribution >= 4 is 16.8 Å². The largest absolute Gasteiger partial charge is 0.497 e. The van der Waals surface area contributed by atoms with Crippen molar-refractivity contribution in [2.45, 2.75) is 12.5 Å². The smallest absolute Gasteiger partial charge is 0.271 e. The first kappa shape index (κ1) is 15.7. The second-order valence-electron chi connectivity index (χ2n) is 6.37. The molecule has 1 fully saturated rings. The normalized spacial score (nSPS) is 16.8. The summed E-state index contributed by atoms with van der Waals surface area (Å²) in [4.78, 5) is 14.9. The van der Waals surface area contributed by atoms with E-state index >= 15 is 0 Å². The van der Waals surface area contributed by atoms with E-state index in [4.69, 9.17) is 4.74 Å². The molecule has 0 bridgehead atoms. The van der Waals surface area contributed by atoms with Crippen LogP contribution in [-0.2, 0) is 7.05 Å². The Morgan fingerprint density at radius 2 is 1.92 bits per heavy atom. The summed E-state index contributed by atoms with van der Waals surface area (Å²) in [6.45, 7) is 0.714. The fourth-order valence-electron chi connectivity index (χ4n) is 3.47. The molecule has 0 N–H and O–H groups in total.